The summed E-state index contributed by atoms with van der Waals surface area (Å²) < 4.78 is 97.1. The molecular formula is C120H95FN4O4+4. The molecule has 0 atom stereocenters. The zero-order valence-electron chi connectivity index (χ0n) is 79.4. The predicted octanol–water partition coefficient (Wildman–Crippen LogP) is 30.2. The van der Waals surface area contributed by atoms with Gasteiger partial charge in [-0.2, -0.15) is 0 Å². The van der Waals surface area contributed by atoms with Crippen LogP contribution < -0.4 is 18.3 Å². The third-order valence-electron chi connectivity index (χ3n) is 25.8. The molecule has 8 nitrogen and oxygen atoms in total. The van der Waals surface area contributed by atoms with Crippen molar-refractivity contribution in [2.45, 2.75) is 55.2 Å². The van der Waals surface area contributed by atoms with Crippen LogP contribution in [0.5, 0.6) is 0 Å². The molecule has 0 aliphatic heterocycles. The van der Waals surface area contributed by atoms with Crippen molar-refractivity contribution >= 4 is 131 Å². The van der Waals surface area contributed by atoms with E-state index in [1.165, 1.54) is 45.2 Å². The molecule has 8 heterocycles. The summed E-state index contributed by atoms with van der Waals surface area (Å²) in [7, 11) is 7.94. The van der Waals surface area contributed by atoms with E-state index < -0.39 is 13.7 Å². The number of aromatic nitrogens is 4. The summed E-state index contributed by atoms with van der Waals surface area (Å²) in [6.45, 7) is 8.10. The molecule has 24 rings (SSSR count). The minimum atomic E-state index is -2.24. The van der Waals surface area contributed by atoms with Crippen molar-refractivity contribution in [2.24, 2.45) is 28.2 Å². The van der Waals surface area contributed by atoms with Gasteiger partial charge in [-0.05, 0) is 180 Å². The van der Waals surface area contributed by atoms with E-state index in [1.807, 2.05) is 159 Å². The second-order valence-corrected chi connectivity index (χ2v) is 34.2. The molecule has 9 heteroatoms. The Kier molecular flexibility index (Phi) is 18.7. The van der Waals surface area contributed by atoms with Crippen molar-refractivity contribution in [2.75, 3.05) is 0 Å². The van der Waals surface area contributed by atoms with E-state index >= 15 is 0 Å². The summed E-state index contributed by atoms with van der Waals surface area (Å²) >= 11 is 0. The monoisotopic (exact) mass is 1680 g/mol. The number of pyridine rings is 4. The highest BCUT2D eigenvalue weighted by Gasteiger charge is 2.29. The molecule has 0 unspecified atom stereocenters. The number of nitrogens with zero attached hydrogens (tertiary/aromatic N) is 4. The highest BCUT2D eigenvalue weighted by atomic mass is 19.1. The van der Waals surface area contributed by atoms with Crippen LogP contribution in [0.2, 0.25) is 0 Å². The van der Waals surface area contributed by atoms with Crippen molar-refractivity contribution in [1.29, 1.82) is 0 Å². The molecule has 8 aromatic heterocycles. The Morgan fingerprint density at radius 3 is 0.822 bits per heavy atom. The molecule has 0 aliphatic carbocycles. The summed E-state index contributed by atoms with van der Waals surface area (Å²) in [6.07, 6.45) is 7.67. The lowest BCUT2D eigenvalue weighted by molar-refractivity contribution is -0.660. The Hall–Kier alpha value is -15.7. The zero-order valence-corrected chi connectivity index (χ0v) is 73.4. The average Bonchev–Trinajstić information content (AvgIpc) is 1.64. The maximum Gasteiger partial charge on any atom is 0.216 e. The van der Waals surface area contributed by atoms with E-state index in [2.05, 4.69) is 263 Å². The van der Waals surface area contributed by atoms with Gasteiger partial charge in [0.25, 0.3) is 0 Å². The molecule has 0 fully saturated rings. The standard InChI is InChI=1S/C31H26NO.2C30H24NO.C29H21FNO/c1-19-9-12-23(13-10-19)27-17-28(32(4)18-21(27)3)29-20(2)11-15-26-25-16-14-22-7-5-6-8-24(22)30(25)33-31(26)29;1-19-13-15-25-24-16-14-22-11-7-8-12-23(22)29(24)32-30(25)28(19)27-17-26(20(2)18-31(27)3)21-9-5-4-6-10-21;1-19-8-11-21(12-9-19)23-16-17-31(3)27(18-23)28-20(2)10-14-26-25-15-13-22-6-4-5-7-24(22)29(25)32-30(26)28;1-18-7-13-25-24-14-10-20-5-3-4-6-23(20)28(24)32-29(25)27(18)26-17-21(15-16-31(26)2)19-8-11-22(30)12-9-19/h5-18H,1-4H3;2*4-18H,1-3H3;3-17H,1-2H3/q4*+1/i3D3;2D3;;. The second kappa shape index (κ2) is 32.7. The summed E-state index contributed by atoms with van der Waals surface area (Å²) in [4.78, 5) is 0. The molecule has 24 aromatic rings. The lowest BCUT2D eigenvalue weighted by atomic mass is 9.95. The Morgan fingerprint density at radius 2 is 0.496 bits per heavy atom. The van der Waals surface area contributed by atoms with Crippen LogP contribution in [0, 0.1) is 61.1 Å². The fraction of sp³-hybridized carbons (Fsp3) is 0.100. The Bertz CT molecular complexity index is 8640. The fourth-order valence-electron chi connectivity index (χ4n) is 18.9. The van der Waals surface area contributed by atoms with Gasteiger partial charge in [-0.1, -0.05) is 272 Å². The zero-order chi connectivity index (χ0) is 93.1. The first-order valence-electron chi connectivity index (χ1n) is 46.6. The van der Waals surface area contributed by atoms with Gasteiger partial charge in [0.2, 0.25) is 22.8 Å². The average molecular weight is 1680 g/mol. The lowest BCUT2D eigenvalue weighted by Crippen LogP contribution is -2.31. The van der Waals surface area contributed by atoms with Crippen molar-refractivity contribution in [3.05, 3.63) is 409 Å². The molecule has 0 aliphatic rings. The first-order chi connectivity index (χ1) is 65.2. The molecular weight excluding hydrogens is 1580 g/mol. The fourth-order valence-corrected chi connectivity index (χ4v) is 18.9. The number of hydrogen-bond acceptors (Lipinski definition) is 4. The van der Waals surface area contributed by atoms with Gasteiger partial charge in [-0.15, -0.1) is 0 Å². The lowest BCUT2D eigenvalue weighted by Gasteiger charge is -2.10. The number of fused-ring (bicyclic) bond motifs is 20. The van der Waals surface area contributed by atoms with Crippen molar-refractivity contribution in [1.82, 2.24) is 0 Å². The molecule has 16 aromatic carbocycles. The topological polar surface area (TPSA) is 68.1 Å². The van der Waals surface area contributed by atoms with Crippen LogP contribution in [-0.4, -0.2) is 0 Å². The van der Waals surface area contributed by atoms with E-state index in [-0.39, 0.29) is 5.82 Å². The summed E-state index contributed by atoms with van der Waals surface area (Å²) in [5, 5.41) is 17.9. The highest BCUT2D eigenvalue weighted by molar-refractivity contribution is 6.21. The number of halogens is 1. The van der Waals surface area contributed by atoms with E-state index in [0.29, 0.717) is 22.3 Å². The maximum atomic E-state index is 13.4. The van der Waals surface area contributed by atoms with Crippen molar-refractivity contribution < 1.29 is 48.6 Å². The van der Waals surface area contributed by atoms with Crippen LogP contribution in [-0.2, 0) is 28.2 Å². The molecule has 0 N–H and O–H groups in total. The number of hydrogen-bond donors (Lipinski definition) is 0. The minimum absolute atomic E-state index is 0.231. The largest absolute Gasteiger partial charge is 0.454 e. The number of rotatable bonds is 8. The second-order valence-electron chi connectivity index (χ2n) is 34.2. The molecule has 0 bridgehead atoms. The molecule has 0 saturated heterocycles. The van der Waals surface area contributed by atoms with Gasteiger partial charge in [0.05, 0.1) is 22.3 Å². The highest BCUT2D eigenvalue weighted by Crippen LogP contribution is 2.47. The van der Waals surface area contributed by atoms with E-state index in [4.69, 9.17) is 25.9 Å². The number of aryl methyl sites for hydroxylation is 12. The summed E-state index contributed by atoms with van der Waals surface area (Å²) in [6, 6.07) is 113. The Morgan fingerprint density at radius 1 is 0.225 bits per heavy atom. The van der Waals surface area contributed by atoms with E-state index in [1.54, 1.807) is 12.4 Å². The van der Waals surface area contributed by atoms with Crippen LogP contribution in [0.4, 0.5) is 4.39 Å². The molecule has 622 valence electrons. The van der Waals surface area contributed by atoms with Crippen LogP contribution in [0.15, 0.2) is 376 Å². The van der Waals surface area contributed by atoms with Crippen LogP contribution >= 0.6 is 0 Å². The number of benzene rings is 16. The first-order valence-corrected chi connectivity index (χ1v) is 43.6. The number of furan rings is 4. The quantitative estimate of drug-likeness (QED) is 0.142. The molecule has 0 amide bonds. The summed E-state index contributed by atoms with van der Waals surface area (Å²) in [5.41, 5.74) is 30.4. The van der Waals surface area contributed by atoms with Gasteiger partial charge in [0, 0.05) is 120 Å². The molecule has 0 spiro atoms. The van der Waals surface area contributed by atoms with Gasteiger partial charge in [-0.25, -0.2) is 22.7 Å². The van der Waals surface area contributed by atoms with Crippen LogP contribution in [0.3, 0.4) is 0 Å². The van der Waals surface area contributed by atoms with Crippen LogP contribution in [0.25, 0.3) is 220 Å². The van der Waals surface area contributed by atoms with Crippen molar-refractivity contribution in [3.8, 4) is 89.5 Å². The van der Waals surface area contributed by atoms with Gasteiger partial charge in [-0.3, -0.25) is 0 Å². The third kappa shape index (κ3) is 14.4. The normalized spacial score (nSPS) is 12.5. The van der Waals surface area contributed by atoms with Gasteiger partial charge >= 0.3 is 0 Å². The van der Waals surface area contributed by atoms with Crippen molar-refractivity contribution in [3.63, 3.8) is 0 Å². The SMILES string of the molecule is Cc1ccc(-c2cc[n+](C)c(-c3c(C)ccc4c3oc3c5ccccc5ccc43)c2)cc1.Cc1ccc2c(oc3c4ccccc4ccc23)c1-c1cc(-c2ccc(F)cc2)cc[n+]1C.[2H]C([2H])([2H])c1c[n+](C)c(-c2c(C)ccc3c2oc2c4ccccc4ccc32)cc1-c1ccc(C)cc1.[2H]C([2H])([2H])c1c[n+](C)c(-c2c(C)ccc3c2oc2c4ccccc4ccc32)cc1-c1ccccc1. The smallest absolute Gasteiger partial charge is 0.216 e. The molecule has 0 saturated carbocycles. The van der Waals surface area contributed by atoms with Gasteiger partial charge in [0.15, 0.2) is 24.8 Å². The Balaban J connectivity index is 0.000000108. The minimum Gasteiger partial charge on any atom is -0.454 e. The third-order valence-corrected chi connectivity index (χ3v) is 25.8. The van der Waals surface area contributed by atoms with E-state index in [0.717, 1.165) is 210 Å². The molecule has 0 radical (unpaired) electrons. The van der Waals surface area contributed by atoms with Gasteiger partial charge in [0.1, 0.15) is 78.7 Å². The summed E-state index contributed by atoms with van der Waals surface area (Å²) in [5.74, 6) is -0.231. The maximum absolute atomic E-state index is 13.4. The predicted molar refractivity (Wildman–Crippen MR) is 531 cm³/mol. The van der Waals surface area contributed by atoms with Gasteiger partial charge < -0.3 is 17.7 Å². The molecule has 129 heavy (non-hydrogen) atoms. The Labute approximate surface area is 756 Å². The van der Waals surface area contributed by atoms with Crippen LogP contribution in [0.1, 0.15) is 52.7 Å². The first kappa shape index (κ1) is 73.6. The van der Waals surface area contributed by atoms with E-state index in [9.17, 15) is 4.39 Å².